The molecule has 4 heteroatoms. The van der Waals surface area contributed by atoms with E-state index >= 15 is 0 Å². The van der Waals surface area contributed by atoms with Crippen molar-refractivity contribution >= 4 is 74.2 Å². The van der Waals surface area contributed by atoms with Crippen LogP contribution < -0.4 is 4.56 Å². The molecule has 2 aromatic heterocycles. The summed E-state index contributed by atoms with van der Waals surface area (Å²) in [7, 11) is 0. The molecule has 0 fully saturated rings. The number of aromatic nitrogens is 2. The van der Waals surface area contributed by atoms with Crippen LogP contribution in [0.1, 0.15) is 5.69 Å². The van der Waals surface area contributed by atoms with E-state index in [0.29, 0.717) is 0 Å². The predicted octanol–water partition coefficient (Wildman–Crippen LogP) is 4.25. The van der Waals surface area contributed by atoms with Crippen LogP contribution in [0.15, 0.2) is 48.5 Å². The number of rotatable bonds is 0. The normalized spacial score (nSPS) is 11.9. The fourth-order valence-corrected chi connectivity index (χ4v) is 4.76. The second-order valence-corrected chi connectivity index (χ2v) is 7.29. The summed E-state index contributed by atoms with van der Waals surface area (Å²) in [6, 6.07) is 17.2. The standard InChI is InChI=1S/C19H11N2S.Al/c1-11-10-20-19-17(21-11)16-14-8-4-2-6-12(14)13-7-3-5-9-15(13)18(16)22-19;/h2-9H,1H3;. The summed E-state index contributed by atoms with van der Waals surface area (Å²) in [5.41, 5.74) is 2.00. The second kappa shape index (κ2) is 4.75. The van der Waals surface area contributed by atoms with Gasteiger partial charge in [0.25, 0.3) is 0 Å². The van der Waals surface area contributed by atoms with Crippen LogP contribution in [-0.2, 0) is 0 Å². The summed E-state index contributed by atoms with van der Waals surface area (Å²) in [5.74, 6) is 0. The lowest BCUT2D eigenvalue weighted by Gasteiger charge is -2.06. The largest absolute Gasteiger partial charge is 0.260 e. The van der Waals surface area contributed by atoms with E-state index in [2.05, 4.69) is 64.8 Å². The lowest BCUT2D eigenvalue weighted by molar-refractivity contribution is 1.24. The Balaban J connectivity index is 2.19. The molecule has 0 unspecified atom stereocenters. The van der Waals surface area contributed by atoms with Gasteiger partial charge in [-0.05, 0) is 27.6 Å². The molecule has 23 heavy (non-hydrogen) atoms. The van der Waals surface area contributed by atoms with Crippen LogP contribution in [0.5, 0.6) is 0 Å². The minimum Gasteiger partial charge on any atom is -0.260 e. The van der Waals surface area contributed by atoms with Crippen molar-refractivity contribution in [2.75, 3.05) is 0 Å². The van der Waals surface area contributed by atoms with E-state index in [0.717, 1.165) is 20.6 Å². The molecule has 5 rings (SSSR count). The van der Waals surface area contributed by atoms with Crippen LogP contribution in [0.3, 0.4) is 0 Å². The zero-order valence-electron chi connectivity index (χ0n) is 12.5. The van der Waals surface area contributed by atoms with Crippen LogP contribution in [-0.4, -0.2) is 26.3 Å². The molecule has 0 N–H and O–H groups in total. The van der Waals surface area contributed by atoms with Crippen molar-refractivity contribution in [2.24, 2.45) is 0 Å². The quantitative estimate of drug-likeness (QED) is 0.314. The van der Waals surface area contributed by atoms with Crippen molar-refractivity contribution in [1.82, 2.24) is 9.97 Å². The molecule has 2 radical (unpaired) electrons. The van der Waals surface area contributed by atoms with Gasteiger partial charge < -0.3 is 0 Å². The van der Waals surface area contributed by atoms with Crippen molar-refractivity contribution in [3.05, 3.63) is 54.2 Å². The Bertz CT molecular complexity index is 1240. The zero-order valence-corrected chi connectivity index (χ0v) is 14.5. The van der Waals surface area contributed by atoms with Crippen LogP contribution >= 0.6 is 11.3 Å². The van der Waals surface area contributed by atoms with E-state index < -0.39 is 0 Å². The van der Waals surface area contributed by atoms with Crippen LogP contribution in [0.25, 0.3) is 42.0 Å². The van der Waals surface area contributed by atoms with Gasteiger partial charge in [-0.15, -0.1) is 11.3 Å². The molecule has 2 nitrogen and oxygen atoms in total. The molecule has 0 aliphatic rings. The minimum absolute atomic E-state index is 0.928. The van der Waals surface area contributed by atoms with Crippen LogP contribution in [0.4, 0.5) is 0 Å². The molecule has 0 aliphatic carbocycles. The summed E-state index contributed by atoms with van der Waals surface area (Å²) in [5, 5.41) is 6.36. The SMILES string of the molecule is Cc1nc2c(n[c]1[Al])sc1c3ccccc3c3ccccc3c21. The Kier molecular flexibility index (Phi) is 2.78. The minimum atomic E-state index is 0.928. The van der Waals surface area contributed by atoms with Crippen molar-refractivity contribution < 1.29 is 0 Å². The van der Waals surface area contributed by atoms with Gasteiger partial charge in [0.1, 0.15) is 10.3 Å². The Labute approximate surface area is 145 Å². The third kappa shape index (κ3) is 1.80. The number of fused-ring (bicyclic) bond motifs is 8. The van der Waals surface area contributed by atoms with Crippen molar-refractivity contribution in [1.29, 1.82) is 0 Å². The summed E-state index contributed by atoms with van der Waals surface area (Å²) >= 11 is 4.43. The van der Waals surface area contributed by atoms with Crippen molar-refractivity contribution in [3.8, 4) is 0 Å². The number of thiophene rings is 1. The molecule has 5 aromatic rings. The van der Waals surface area contributed by atoms with Crippen molar-refractivity contribution in [2.45, 2.75) is 6.92 Å². The summed E-state index contributed by atoms with van der Waals surface area (Å²) in [6.45, 7) is 2.02. The van der Waals surface area contributed by atoms with Gasteiger partial charge in [-0.2, -0.15) is 0 Å². The highest BCUT2D eigenvalue weighted by Crippen LogP contribution is 2.42. The lowest BCUT2D eigenvalue weighted by Crippen LogP contribution is -2.13. The van der Waals surface area contributed by atoms with E-state index in [-0.39, 0.29) is 0 Å². The first-order chi connectivity index (χ1) is 11.2. The maximum Gasteiger partial charge on any atom is 0.213 e. The Morgan fingerprint density at radius 3 is 2.17 bits per heavy atom. The molecule has 0 atom stereocenters. The number of hydrogen-bond acceptors (Lipinski definition) is 3. The average molecular weight is 326 g/mol. The molecule has 0 aliphatic heterocycles. The fraction of sp³-hybridized carbons (Fsp3) is 0.0526. The highest BCUT2D eigenvalue weighted by Gasteiger charge is 2.15. The first-order valence-corrected chi connectivity index (χ1v) is 8.89. The number of nitrogens with zero attached hydrogens (tertiary/aromatic N) is 2. The van der Waals surface area contributed by atoms with Gasteiger partial charge in [0.2, 0.25) is 16.3 Å². The number of aryl methyl sites for hydroxylation is 1. The molecule has 106 valence electrons. The molecule has 0 amide bonds. The Morgan fingerprint density at radius 2 is 1.43 bits per heavy atom. The predicted molar refractivity (Wildman–Crippen MR) is 100 cm³/mol. The number of benzene rings is 3. The van der Waals surface area contributed by atoms with Gasteiger partial charge in [0.15, 0.2) is 0 Å². The molecular weight excluding hydrogens is 315 g/mol. The fourth-order valence-electron chi connectivity index (χ4n) is 3.30. The first kappa shape index (κ1) is 13.5. The monoisotopic (exact) mass is 326 g/mol. The van der Waals surface area contributed by atoms with Crippen LogP contribution in [0, 0.1) is 6.92 Å². The Morgan fingerprint density at radius 1 is 0.826 bits per heavy atom. The summed E-state index contributed by atoms with van der Waals surface area (Å²) in [6.07, 6.45) is 0. The van der Waals surface area contributed by atoms with E-state index in [1.54, 1.807) is 11.3 Å². The second-order valence-electron chi connectivity index (χ2n) is 5.75. The Hall–Kier alpha value is -1.99. The maximum absolute atomic E-state index is 4.85. The third-order valence-electron chi connectivity index (χ3n) is 4.40. The van der Waals surface area contributed by atoms with E-state index in [4.69, 9.17) is 9.97 Å². The van der Waals surface area contributed by atoms with Gasteiger partial charge in [-0.1, -0.05) is 48.5 Å². The summed E-state index contributed by atoms with van der Waals surface area (Å²) < 4.78 is 2.21. The molecule has 3 aromatic carbocycles. The molecule has 0 saturated carbocycles. The maximum atomic E-state index is 4.85. The lowest BCUT2D eigenvalue weighted by atomic mass is 9.98. The average Bonchev–Trinajstić information content (AvgIpc) is 2.94. The van der Waals surface area contributed by atoms with Gasteiger partial charge in [0.05, 0.1) is 0 Å². The smallest absolute Gasteiger partial charge is 0.213 e. The van der Waals surface area contributed by atoms with E-state index in [1.807, 2.05) is 6.92 Å². The molecular formula is C19H11AlN2S. The van der Waals surface area contributed by atoms with Crippen molar-refractivity contribution in [3.63, 3.8) is 0 Å². The molecule has 0 bridgehead atoms. The van der Waals surface area contributed by atoms with Gasteiger partial charge in [-0.3, -0.25) is 4.98 Å². The van der Waals surface area contributed by atoms with Crippen LogP contribution in [0.2, 0.25) is 0 Å². The zero-order chi connectivity index (χ0) is 15.6. The molecule has 0 saturated heterocycles. The van der Waals surface area contributed by atoms with Gasteiger partial charge in [0, 0.05) is 21.2 Å². The van der Waals surface area contributed by atoms with E-state index in [1.165, 1.54) is 31.6 Å². The molecule has 0 spiro atoms. The topological polar surface area (TPSA) is 25.8 Å². The summed E-state index contributed by atoms with van der Waals surface area (Å²) in [4.78, 5) is 10.6. The first-order valence-electron chi connectivity index (χ1n) is 7.50. The van der Waals surface area contributed by atoms with E-state index in [9.17, 15) is 0 Å². The highest BCUT2D eigenvalue weighted by molar-refractivity contribution is 7.26. The van der Waals surface area contributed by atoms with Gasteiger partial charge >= 0.3 is 0 Å². The third-order valence-corrected chi connectivity index (χ3v) is 6.05. The van der Waals surface area contributed by atoms with Gasteiger partial charge in [-0.25, -0.2) is 4.98 Å². The highest BCUT2D eigenvalue weighted by atomic mass is 32.1. The molecule has 2 heterocycles. The number of hydrogen-bond donors (Lipinski definition) is 0.